The van der Waals surface area contributed by atoms with Gasteiger partial charge in [0, 0.05) is 33.9 Å². The number of hydrogen-bond donors (Lipinski definition) is 0. The predicted molar refractivity (Wildman–Crippen MR) is 225 cm³/mol. The normalized spacial score (nSPS) is 11.2. The van der Waals surface area contributed by atoms with Gasteiger partial charge in [-0.15, -0.1) is 0 Å². The van der Waals surface area contributed by atoms with E-state index >= 15 is 0 Å². The Hall–Kier alpha value is -8.24. The highest BCUT2D eigenvalue weighted by atomic mass is 15.0. The molecule has 0 spiro atoms. The quantitative estimate of drug-likeness (QED) is 0.167. The van der Waals surface area contributed by atoms with Crippen LogP contribution in [0.5, 0.6) is 0 Å². The number of nitriles is 2. The van der Waals surface area contributed by atoms with E-state index in [1.165, 1.54) is 0 Å². The molecule has 0 fully saturated rings. The van der Waals surface area contributed by atoms with Gasteiger partial charge in [0.1, 0.15) is 11.6 Å². The standard InChI is InChI=1S/C50H28N6/c1-53-39-18-14-34(15-19-39)37-17-21-43-41-7-3-5-9-46(41)56(48(43)27-37)50-29-38(35-22-24-54-25-23-35)28-49(44(50)31-52)55-45-8-4-2-6-40(45)42-20-16-36(26-47(42)55)33-12-10-32(30-51)11-13-33/h2-29H. The lowest BCUT2D eigenvalue weighted by molar-refractivity contribution is 1.12. The summed E-state index contributed by atoms with van der Waals surface area (Å²) in [6.45, 7) is 7.43. The van der Waals surface area contributed by atoms with Gasteiger partial charge in [-0.05, 0) is 94.0 Å². The van der Waals surface area contributed by atoms with E-state index in [1.54, 1.807) is 12.4 Å². The van der Waals surface area contributed by atoms with Gasteiger partial charge in [-0.25, -0.2) is 4.85 Å². The Kier molecular flexibility index (Phi) is 7.53. The van der Waals surface area contributed by atoms with Crippen molar-refractivity contribution >= 4 is 49.3 Å². The molecule has 0 aliphatic heterocycles. The molecule has 0 amide bonds. The lowest BCUT2D eigenvalue weighted by Crippen LogP contribution is -2.05. The third-order valence-electron chi connectivity index (χ3n) is 10.7. The van der Waals surface area contributed by atoms with Gasteiger partial charge in [-0.2, -0.15) is 10.5 Å². The second-order valence-corrected chi connectivity index (χ2v) is 13.8. The van der Waals surface area contributed by atoms with Gasteiger partial charge in [0.25, 0.3) is 0 Å². The van der Waals surface area contributed by atoms with E-state index < -0.39 is 0 Å². The lowest BCUT2D eigenvalue weighted by Gasteiger charge is -2.18. The molecule has 0 N–H and O–H groups in total. The summed E-state index contributed by atoms with van der Waals surface area (Å²) in [4.78, 5) is 7.90. The smallest absolute Gasteiger partial charge is 0.187 e. The SMILES string of the molecule is [C-]#[N+]c1ccc(-c2ccc3c4ccccc4n(-c4cc(-c5ccncc5)cc(-n5c6ccccc6c6ccc(-c7ccc(C#N)cc7)cc65)c4C#N)c3c2)cc1. The first-order chi connectivity index (χ1) is 27.6. The van der Waals surface area contributed by atoms with Crippen LogP contribution >= 0.6 is 0 Å². The number of hydrogen-bond acceptors (Lipinski definition) is 3. The Morgan fingerprint density at radius 3 is 1.41 bits per heavy atom. The largest absolute Gasteiger partial charge is 0.308 e. The minimum Gasteiger partial charge on any atom is -0.308 e. The fourth-order valence-electron chi connectivity index (χ4n) is 8.08. The van der Waals surface area contributed by atoms with Crippen molar-refractivity contribution in [1.29, 1.82) is 10.5 Å². The first-order valence-electron chi connectivity index (χ1n) is 18.2. The van der Waals surface area contributed by atoms with E-state index in [0.717, 1.165) is 88.4 Å². The second-order valence-electron chi connectivity index (χ2n) is 13.8. The van der Waals surface area contributed by atoms with Crippen LogP contribution in [-0.2, 0) is 0 Å². The second kappa shape index (κ2) is 13.0. The van der Waals surface area contributed by atoms with Gasteiger partial charge in [0.15, 0.2) is 5.69 Å². The Balaban J connectivity index is 1.31. The Morgan fingerprint density at radius 2 is 0.911 bits per heavy atom. The van der Waals surface area contributed by atoms with Crippen LogP contribution in [0.25, 0.3) is 93.2 Å². The molecule has 258 valence electrons. The topological polar surface area (TPSA) is 74.7 Å². The third-order valence-corrected chi connectivity index (χ3v) is 10.7. The van der Waals surface area contributed by atoms with E-state index in [2.05, 4.69) is 116 Å². The van der Waals surface area contributed by atoms with Crippen LogP contribution < -0.4 is 0 Å². The zero-order valence-corrected chi connectivity index (χ0v) is 29.8. The first kappa shape index (κ1) is 32.4. The van der Waals surface area contributed by atoms with Crippen LogP contribution in [0, 0.1) is 29.2 Å². The molecule has 6 nitrogen and oxygen atoms in total. The molecule has 0 saturated carbocycles. The highest BCUT2D eigenvalue weighted by Gasteiger charge is 2.23. The van der Waals surface area contributed by atoms with Crippen molar-refractivity contribution in [1.82, 2.24) is 14.1 Å². The molecule has 0 bridgehead atoms. The molecule has 10 aromatic rings. The molecule has 0 atom stereocenters. The number of benzene rings is 7. The van der Waals surface area contributed by atoms with Gasteiger partial charge in [-0.3, -0.25) is 4.98 Å². The number of pyridine rings is 1. The summed E-state index contributed by atoms with van der Waals surface area (Å²) in [6, 6.07) is 58.0. The average Bonchev–Trinajstić information content (AvgIpc) is 3.78. The Labute approximate surface area is 322 Å². The van der Waals surface area contributed by atoms with Crippen LogP contribution in [0.2, 0.25) is 0 Å². The van der Waals surface area contributed by atoms with Crippen LogP contribution in [0.1, 0.15) is 11.1 Å². The molecular weight excluding hydrogens is 685 g/mol. The molecule has 10 rings (SSSR count). The van der Waals surface area contributed by atoms with E-state index in [1.807, 2.05) is 72.8 Å². The summed E-state index contributed by atoms with van der Waals surface area (Å²) in [6.07, 6.45) is 3.59. The summed E-state index contributed by atoms with van der Waals surface area (Å²) in [5.74, 6) is 0. The molecule has 3 aromatic heterocycles. The maximum Gasteiger partial charge on any atom is 0.187 e. The summed E-state index contributed by atoms with van der Waals surface area (Å²) in [7, 11) is 0. The van der Waals surface area contributed by atoms with E-state index in [-0.39, 0.29) is 0 Å². The Bertz CT molecular complexity index is 3120. The lowest BCUT2D eigenvalue weighted by atomic mass is 10.00. The van der Waals surface area contributed by atoms with Crippen molar-refractivity contribution in [3.05, 3.63) is 193 Å². The monoisotopic (exact) mass is 712 g/mol. The zero-order chi connectivity index (χ0) is 37.8. The van der Waals surface area contributed by atoms with Gasteiger partial charge in [0.05, 0.1) is 51.6 Å². The van der Waals surface area contributed by atoms with Gasteiger partial charge >= 0.3 is 0 Å². The summed E-state index contributed by atoms with van der Waals surface area (Å²) < 4.78 is 4.45. The highest BCUT2D eigenvalue weighted by molar-refractivity contribution is 6.12. The van der Waals surface area contributed by atoms with Crippen LogP contribution in [0.4, 0.5) is 5.69 Å². The van der Waals surface area contributed by atoms with Crippen molar-refractivity contribution in [2.45, 2.75) is 0 Å². The summed E-state index contributed by atoms with van der Waals surface area (Å²) in [5, 5.41) is 25.1. The molecule has 0 aliphatic rings. The third kappa shape index (κ3) is 5.12. The molecule has 0 unspecified atom stereocenters. The summed E-state index contributed by atoms with van der Waals surface area (Å²) in [5.41, 5.74) is 13.1. The van der Waals surface area contributed by atoms with E-state index in [0.29, 0.717) is 16.8 Å². The maximum absolute atomic E-state index is 11.4. The zero-order valence-electron chi connectivity index (χ0n) is 29.8. The molecule has 0 aliphatic carbocycles. The fraction of sp³-hybridized carbons (Fsp3) is 0. The minimum absolute atomic E-state index is 0.531. The minimum atomic E-state index is 0.531. The van der Waals surface area contributed by atoms with Gasteiger partial charge < -0.3 is 9.13 Å². The van der Waals surface area contributed by atoms with Crippen molar-refractivity contribution in [3.8, 4) is 56.9 Å². The number of rotatable bonds is 5. The molecule has 0 saturated heterocycles. The molecule has 56 heavy (non-hydrogen) atoms. The molecule has 6 heteroatoms. The number of nitrogens with zero attached hydrogens (tertiary/aromatic N) is 6. The fourth-order valence-corrected chi connectivity index (χ4v) is 8.08. The van der Waals surface area contributed by atoms with Crippen molar-refractivity contribution in [2.24, 2.45) is 0 Å². The first-order valence-corrected chi connectivity index (χ1v) is 18.2. The highest BCUT2D eigenvalue weighted by Crippen LogP contribution is 2.41. The van der Waals surface area contributed by atoms with Gasteiger partial charge in [-0.1, -0.05) is 97.1 Å². The van der Waals surface area contributed by atoms with Crippen LogP contribution in [-0.4, -0.2) is 14.1 Å². The Morgan fingerprint density at radius 1 is 0.446 bits per heavy atom. The van der Waals surface area contributed by atoms with E-state index in [9.17, 15) is 10.5 Å². The van der Waals surface area contributed by atoms with Crippen LogP contribution in [0.15, 0.2) is 170 Å². The average molecular weight is 713 g/mol. The summed E-state index contributed by atoms with van der Waals surface area (Å²) >= 11 is 0. The molecular formula is C50H28N6. The van der Waals surface area contributed by atoms with Crippen molar-refractivity contribution in [3.63, 3.8) is 0 Å². The molecule has 7 aromatic carbocycles. The van der Waals surface area contributed by atoms with E-state index in [4.69, 9.17) is 6.57 Å². The van der Waals surface area contributed by atoms with Crippen LogP contribution in [0.3, 0.4) is 0 Å². The molecule has 3 heterocycles. The van der Waals surface area contributed by atoms with Crippen molar-refractivity contribution in [2.75, 3.05) is 0 Å². The predicted octanol–water partition coefficient (Wildman–Crippen LogP) is 12.6. The molecule has 0 radical (unpaired) electrons. The van der Waals surface area contributed by atoms with Crippen molar-refractivity contribution < 1.29 is 0 Å². The number of fused-ring (bicyclic) bond motifs is 6. The van der Waals surface area contributed by atoms with Gasteiger partial charge in [0.2, 0.25) is 0 Å². The number of para-hydroxylation sites is 2. The maximum atomic E-state index is 11.4. The number of aromatic nitrogens is 3.